The SMILES string of the molecule is COc1ccc(F)c(F)c1C(=O)c1cnc(N[C@H]2CC[C@H](NC(=O)CCC(=O)O)CC2)nc1N. The molecule has 10 nitrogen and oxygen atoms in total. The average molecular weight is 477 g/mol. The number of carbonyl (C=O) groups is 3. The molecule has 1 amide bonds. The number of hydrogen-bond donors (Lipinski definition) is 4. The average Bonchev–Trinajstić information content (AvgIpc) is 2.80. The van der Waals surface area contributed by atoms with E-state index in [0.29, 0.717) is 25.7 Å². The number of methoxy groups -OCH3 is 1. The van der Waals surface area contributed by atoms with E-state index < -0.39 is 29.0 Å². The normalized spacial score (nSPS) is 17.6. The molecule has 1 saturated carbocycles. The van der Waals surface area contributed by atoms with E-state index >= 15 is 0 Å². The fourth-order valence-electron chi connectivity index (χ4n) is 3.77. The number of aromatic nitrogens is 2. The molecule has 0 bridgehead atoms. The van der Waals surface area contributed by atoms with Crippen LogP contribution >= 0.6 is 0 Å². The van der Waals surface area contributed by atoms with Crippen molar-refractivity contribution in [3.05, 3.63) is 41.1 Å². The lowest BCUT2D eigenvalue weighted by molar-refractivity contribution is -0.139. The molecule has 0 radical (unpaired) electrons. The molecule has 0 saturated heterocycles. The van der Waals surface area contributed by atoms with Crippen LogP contribution in [0.15, 0.2) is 18.3 Å². The largest absolute Gasteiger partial charge is 0.496 e. The van der Waals surface area contributed by atoms with Gasteiger partial charge in [0.15, 0.2) is 11.6 Å². The Labute approximate surface area is 193 Å². The summed E-state index contributed by atoms with van der Waals surface area (Å²) in [5, 5.41) is 14.6. The highest BCUT2D eigenvalue weighted by Crippen LogP contribution is 2.28. The number of nitrogens with one attached hydrogen (secondary N) is 2. The Kier molecular flexibility index (Phi) is 7.92. The molecule has 1 fully saturated rings. The minimum absolute atomic E-state index is 0.00567. The number of carboxylic acid groups (broad SMARTS) is 1. The number of ether oxygens (including phenoxy) is 1. The molecule has 182 valence electrons. The van der Waals surface area contributed by atoms with E-state index in [1.54, 1.807) is 0 Å². The number of nitrogen functional groups attached to an aromatic ring is 1. The van der Waals surface area contributed by atoms with Crippen LogP contribution in [0.2, 0.25) is 0 Å². The van der Waals surface area contributed by atoms with Gasteiger partial charge in [-0.25, -0.2) is 13.8 Å². The minimum atomic E-state index is -1.35. The van der Waals surface area contributed by atoms with Crippen LogP contribution in [0.25, 0.3) is 0 Å². The lowest BCUT2D eigenvalue weighted by Crippen LogP contribution is -2.40. The highest BCUT2D eigenvalue weighted by atomic mass is 19.2. The number of amides is 1. The minimum Gasteiger partial charge on any atom is -0.496 e. The third kappa shape index (κ3) is 5.94. The number of rotatable bonds is 9. The predicted molar refractivity (Wildman–Crippen MR) is 117 cm³/mol. The maximum absolute atomic E-state index is 14.3. The van der Waals surface area contributed by atoms with Crippen LogP contribution in [-0.2, 0) is 9.59 Å². The zero-order chi connectivity index (χ0) is 24.8. The van der Waals surface area contributed by atoms with Crippen LogP contribution < -0.4 is 21.1 Å². The highest BCUT2D eigenvalue weighted by Gasteiger charge is 2.26. The summed E-state index contributed by atoms with van der Waals surface area (Å²) in [6.45, 7) is 0. The Balaban J connectivity index is 1.61. The molecule has 1 heterocycles. The number of ketones is 1. The molecule has 3 rings (SSSR count). The Morgan fingerprint density at radius 1 is 1.15 bits per heavy atom. The van der Waals surface area contributed by atoms with Gasteiger partial charge < -0.3 is 26.2 Å². The van der Waals surface area contributed by atoms with Gasteiger partial charge in [-0.15, -0.1) is 0 Å². The highest BCUT2D eigenvalue weighted by molar-refractivity contribution is 6.13. The van der Waals surface area contributed by atoms with Crippen molar-refractivity contribution < 1.29 is 33.0 Å². The van der Waals surface area contributed by atoms with Crippen molar-refractivity contribution in [2.45, 2.75) is 50.6 Å². The molecule has 2 aromatic rings. The lowest BCUT2D eigenvalue weighted by atomic mass is 9.91. The summed E-state index contributed by atoms with van der Waals surface area (Å²) in [5.74, 6) is -4.93. The fraction of sp³-hybridized carbons (Fsp3) is 0.409. The Bertz CT molecular complexity index is 1090. The van der Waals surface area contributed by atoms with Crippen LogP contribution in [0.4, 0.5) is 20.5 Å². The van der Waals surface area contributed by atoms with E-state index in [1.807, 2.05) is 0 Å². The van der Waals surface area contributed by atoms with Crippen molar-refractivity contribution in [2.24, 2.45) is 0 Å². The number of anilines is 2. The quantitative estimate of drug-likeness (QED) is 0.398. The van der Waals surface area contributed by atoms with Crippen LogP contribution in [0.3, 0.4) is 0 Å². The van der Waals surface area contributed by atoms with Crippen LogP contribution in [-0.4, -0.2) is 51.9 Å². The number of nitrogens with zero attached hydrogens (tertiary/aromatic N) is 2. The number of halogens is 2. The predicted octanol–water partition coefficient (Wildman–Crippen LogP) is 2.28. The van der Waals surface area contributed by atoms with Crippen molar-refractivity contribution in [1.82, 2.24) is 15.3 Å². The van der Waals surface area contributed by atoms with Crippen LogP contribution in [0, 0.1) is 11.6 Å². The first-order valence-corrected chi connectivity index (χ1v) is 10.7. The number of benzene rings is 1. The molecular weight excluding hydrogens is 452 g/mol. The maximum Gasteiger partial charge on any atom is 0.303 e. The first kappa shape index (κ1) is 24.8. The summed E-state index contributed by atoms with van der Waals surface area (Å²) in [5.41, 5.74) is 5.12. The Morgan fingerprint density at radius 3 is 2.44 bits per heavy atom. The number of carbonyl (C=O) groups excluding carboxylic acids is 2. The van der Waals surface area contributed by atoms with Crippen molar-refractivity contribution >= 4 is 29.4 Å². The maximum atomic E-state index is 14.3. The number of hydrogen-bond acceptors (Lipinski definition) is 8. The molecule has 34 heavy (non-hydrogen) atoms. The van der Waals surface area contributed by atoms with Gasteiger partial charge in [0.05, 0.1) is 19.1 Å². The molecule has 5 N–H and O–H groups in total. The number of carboxylic acids is 1. The van der Waals surface area contributed by atoms with E-state index in [9.17, 15) is 23.2 Å². The summed E-state index contributed by atoms with van der Waals surface area (Å²) in [6.07, 6.45) is 3.63. The third-order valence-corrected chi connectivity index (χ3v) is 5.56. The summed E-state index contributed by atoms with van der Waals surface area (Å²) in [7, 11) is 1.23. The molecule has 12 heteroatoms. The third-order valence-electron chi connectivity index (χ3n) is 5.56. The van der Waals surface area contributed by atoms with Gasteiger partial charge in [-0.05, 0) is 37.8 Å². The van der Waals surface area contributed by atoms with E-state index in [0.717, 1.165) is 18.3 Å². The van der Waals surface area contributed by atoms with Crippen molar-refractivity contribution in [3.63, 3.8) is 0 Å². The zero-order valence-corrected chi connectivity index (χ0v) is 18.4. The summed E-state index contributed by atoms with van der Waals surface area (Å²) in [4.78, 5) is 43.3. The van der Waals surface area contributed by atoms with Crippen molar-refractivity contribution in [2.75, 3.05) is 18.2 Å². The second-order valence-electron chi connectivity index (χ2n) is 7.91. The second-order valence-corrected chi connectivity index (χ2v) is 7.91. The molecule has 0 atom stereocenters. The Hall–Kier alpha value is -3.83. The molecule has 1 aliphatic rings. The molecule has 0 aliphatic heterocycles. The van der Waals surface area contributed by atoms with Crippen molar-refractivity contribution in [3.8, 4) is 5.75 Å². The van der Waals surface area contributed by atoms with E-state index in [2.05, 4.69) is 20.6 Å². The van der Waals surface area contributed by atoms with E-state index in [4.69, 9.17) is 15.6 Å². The monoisotopic (exact) mass is 477 g/mol. The van der Waals surface area contributed by atoms with Gasteiger partial charge in [0.25, 0.3) is 0 Å². The first-order valence-electron chi connectivity index (χ1n) is 10.7. The Morgan fingerprint density at radius 2 is 1.82 bits per heavy atom. The summed E-state index contributed by atoms with van der Waals surface area (Å²) < 4.78 is 32.9. The topological polar surface area (TPSA) is 157 Å². The van der Waals surface area contributed by atoms with E-state index in [-0.39, 0.29) is 53.9 Å². The molecule has 1 aromatic carbocycles. The molecule has 0 unspecified atom stereocenters. The van der Waals surface area contributed by atoms with Crippen molar-refractivity contribution in [1.29, 1.82) is 0 Å². The fourth-order valence-corrected chi connectivity index (χ4v) is 3.77. The molecule has 0 spiro atoms. The van der Waals surface area contributed by atoms with Crippen LogP contribution in [0.1, 0.15) is 54.4 Å². The van der Waals surface area contributed by atoms with Gasteiger partial charge in [0, 0.05) is 24.7 Å². The van der Waals surface area contributed by atoms with Gasteiger partial charge in [-0.2, -0.15) is 4.98 Å². The number of aliphatic carboxylic acids is 1. The summed E-state index contributed by atoms with van der Waals surface area (Å²) in [6, 6.07) is 1.95. The summed E-state index contributed by atoms with van der Waals surface area (Å²) >= 11 is 0. The lowest BCUT2D eigenvalue weighted by Gasteiger charge is -2.29. The zero-order valence-electron chi connectivity index (χ0n) is 18.4. The molecule has 1 aromatic heterocycles. The second kappa shape index (κ2) is 10.9. The van der Waals surface area contributed by atoms with E-state index in [1.165, 1.54) is 7.11 Å². The molecular formula is C22H25F2N5O5. The molecule has 1 aliphatic carbocycles. The van der Waals surface area contributed by atoms with Gasteiger partial charge in [-0.3, -0.25) is 14.4 Å². The first-order chi connectivity index (χ1) is 16.2. The van der Waals surface area contributed by atoms with Gasteiger partial charge in [0.1, 0.15) is 17.1 Å². The smallest absolute Gasteiger partial charge is 0.303 e. The van der Waals surface area contributed by atoms with Gasteiger partial charge in [0.2, 0.25) is 17.6 Å². The van der Waals surface area contributed by atoms with Gasteiger partial charge in [-0.1, -0.05) is 0 Å². The van der Waals surface area contributed by atoms with Gasteiger partial charge >= 0.3 is 5.97 Å². The number of nitrogens with two attached hydrogens (primary N) is 1. The standard InChI is InChI=1S/C22H25F2N5O5/c1-34-15-7-6-14(23)19(24)18(15)20(33)13-10-26-22(29-21(13)25)28-12-4-2-11(3-5-12)27-16(30)8-9-17(31)32/h6-7,10-12H,2-5,8-9H2,1H3,(H,27,30)(H,31,32)(H3,25,26,28,29)/t11-,12-. The van der Waals surface area contributed by atoms with Crippen LogP contribution in [0.5, 0.6) is 5.75 Å².